The number of aliphatic hydroxyl groups is 1. The highest BCUT2D eigenvalue weighted by Gasteiger charge is 2.34. The summed E-state index contributed by atoms with van der Waals surface area (Å²) in [4.78, 5) is 2.68. The van der Waals surface area contributed by atoms with Crippen molar-refractivity contribution in [3.05, 3.63) is 0 Å². The summed E-state index contributed by atoms with van der Waals surface area (Å²) in [5.41, 5.74) is 0.228. The molecule has 2 rings (SSSR count). The van der Waals surface area contributed by atoms with Crippen LogP contribution in [0, 0.1) is 5.41 Å². The van der Waals surface area contributed by atoms with Gasteiger partial charge in [-0.1, -0.05) is 45.4 Å². The van der Waals surface area contributed by atoms with Gasteiger partial charge < -0.3 is 10.0 Å². The number of hydrogen-bond donors (Lipinski definition) is 1. The highest BCUT2D eigenvalue weighted by Crippen LogP contribution is 2.37. The minimum atomic E-state index is 0.228. The van der Waals surface area contributed by atoms with Crippen LogP contribution in [0.15, 0.2) is 0 Å². The molecule has 0 aromatic heterocycles. The fourth-order valence-corrected chi connectivity index (χ4v) is 4.04. The standard InChI is InChI=1S/C16H31NO/c1-2-17(15-9-5-3-6-10-15)13-16(14-18)11-7-4-8-12-16/h15,18H,2-14H2,1H3. The number of hydrogen-bond acceptors (Lipinski definition) is 2. The van der Waals surface area contributed by atoms with Gasteiger partial charge in [0.1, 0.15) is 0 Å². The summed E-state index contributed by atoms with van der Waals surface area (Å²) in [5.74, 6) is 0. The van der Waals surface area contributed by atoms with Crippen molar-refractivity contribution in [3.63, 3.8) is 0 Å². The summed E-state index contributed by atoms with van der Waals surface area (Å²) >= 11 is 0. The molecule has 0 bridgehead atoms. The third kappa shape index (κ3) is 3.48. The summed E-state index contributed by atoms with van der Waals surface area (Å²) in [6, 6.07) is 0.800. The van der Waals surface area contributed by atoms with Crippen LogP contribution in [0.1, 0.15) is 71.1 Å². The Balaban J connectivity index is 1.94. The van der Waals surface area contributed by atoms with E-state index in [-0.39, 0.29) is 5.41 Å². The van der Waals surface area contributed by atoms with E-state index < -0.39 is 0 Å². The first-order valence-corrected chi connectivity index (χ1v) is 8.14. The van der Waals surface area contributed by atoms with Crippen LogP contribution < -0.4 is 0 Å². The van der Waals surface area contributed by atoms with Gasteiger partial charge >= 0.3 is 0 Å². The zero-order valence-corrected chi connectivity index (χ0v) is 12.2. The first kappa shape index (κ1) is 14.3. The van der Waals surface area contributed by atoms with Gasteiger partial charge in [0, 0.05) is 24.6 Å². The van der Waals surface area contributed by atoms with E-state index in [2.05, 4.69) is 11.8 Å². The van der Waals surface area contributed by atoms with Crippen molar-refractivity contribution in [1.29, 1.82) is 0 Å². The summed E-state index contributed by atoms with van der Waals surface area (Å²) in [6.45, 7) is 5.00. The maximum atomic E-state index is 9.86. The van der Waals surface area contributed by atoms with E-state index in [1.807, 2.05) is 0 Å². The first-order chi connectivity index (χ1) is 8.79. The van der Waals surface area contributed by atoms with Crippen molar-refractivity contribution in [3.8, 4) is 0 Å². The molecule has 2 saturated carbocycles. The summed E-state index contributed by atoms with van der Waals surface area (Å²) in [7, 11) is 0. The molecule has 2 aliphatic rings. The second-order valence-corrected chi connectivity index (χ2v) is 6.57. The predicted molar refractivity (Wildman–Crippen MR) is 76.7 cm³/mol. The molecular weight excluding hydrogens is 222 g/mol. The number of aliphatic hydroxyl groups excluding tert-OH is 1. The lowest BCUT2D eigenvalue weighted by Gasteiger charge is -2.43. The van der Waals surface area contributed by atoms with Gasteiger partial charge in [0.2, 0.25) is 0 Å². The van der Waals surface area contributed by atoms with Gasteiger partial charge in [-0.05, 0) is 32.2 Å². The summed E-state index contributed by atoms with van der Waals surface area (Å²) in [5, 5.41) is 9.86. The second kappa shape index (κ2) is 6.91. The van der Waals surface area contributed by atoms with Crippen molar-refractivity contribution < 1.29 is 5.11 Å². The van der Waals surface area contributed by atoms with E-state index in [1.54, 1.807) is 0 Å². The van der Waals surface area contributed by atoms with Crippen LogP contribution in [0.25, 0.3) is 0 Å². The normalized spacial score (nSPS) is 25.5. The quantitative estimate of drug-likeness (QED) is 0.809. The maximum Gasteiger partial charge on any atom is 0.0499 e. The van der Waals surface area contributed by atoms with Crippen LogP contribution in [-0.4, -0.2) is 35.7 Å². The molecule has 0 heterocycles. The Bertz CT molecular complexity index is 229. The van der Waals surface area contributed by atoms with E-state index >= 15 is 0 Å². The summed E-state index contributed by atoms with van der Waals surface area (Å²) < 4.78 is 0. The Kier molecular flexibility index (Phi) is 5.50. The van der Waals surface area contributed by atoms with E-state index in [9.17, 15) is 5.11 Å². The van der Waals surface area contributed by atoms with Crippen LogP contribution in [-0.2, 0) is 0 Å². The van der Waals surface area contributed by atoms with Crippen LogP contribution in [0.5, 0.6) is 0 Å². The van der Waals surface area contributed by atoms with Gasteiger partial charge in [-0.25, -0.2) is 0 Å². The van der Waals surface area contributed by atoms with Crippen molar-refractivity contribution in [2.75, 3.05) is 19.7 Å². The Hall–Kier alpha value is -0.0800. The average molecular weight is 253 g/mol. The van der Waals surface area contributed by atoms with E-state index in [1.165, 1.54) is 64.2 Å². The lowest BCUT2D eigenvalue weighted by Crippen LogP contribution is -2.46. The minimum Gasteiger partial charge on any atom is -0.396 e. The van der Waals surface area contributed by atoms with Crippen molar-refractivity contribution >= 4 is 0 Å². The Labute approximate surface area is 113 Å². The van der Waals surface area contributed by atoms with Crippen LogP contribution in [0.3, 0.4) is 0 Å². The molecule has 18 heavy (non-hydrogen) atoms. The van der Waals surface area contributed by atoms with Gasteiger partial charge in [0.15, 0.2) is 0 Å². The molecule has 106 valence electrons. The molecule has 0 atom stereocenters. The molecule has 2 fully saturated rings. The summed E-state index contributed by atoms with van der Waals surface area (Å²) in [6.07, 6.45) is 13.5. The van der Waals surface area contributed by atoms with E-state index in [4.69, 9.17) is 0 Å². The van der Waals surface area contributed by atoms with Crippen LogP contribution in [0.2, 0.25) is 0 Å². The topological polar surface area (TPSA) is 23.5 Å². The molecule has 0 amide bonds. The maximum absolute atomic E-state index is 9.86. The van der Waals surface area contributed by atoms with Gasteiger partial charge in [0.05, 0.1) is 0 Å². The molecule has 1 N–H and O–H groups in total. The molecule has 0 radical (unpaired) electrons. The fraction of sp³-hybridized carbons (Fsp3) is 1.00. The van der Waals surface area contributed by atoms with Crippen LogP contribution in [0.4, 0.5) is 0 Å². The lowest BCUT2D eigenvalue weighted by molar-refractivity contribution is 0.0203. The molecule has 0 saturated heterocycles. The third-order valence-corrected chi connectivity index (χ3v) is 5.29. The van der Waals surface area contributed by atoms with E-state index in [0.717, 1.165) is 19.1 Å². The van der Waals surface area contributed by atoms with Gasteiger partial charge in [-0.2, -0.15) is 0 Å². The minimum absolute atomic E-state index is 0.228. The average Bonchev–Trinajstić information content (AvgIpc) is 2.47. The first-order valence-electron chi connectivity index (χ1n) is 8.14. The lowest BCUT2D eigenvalue weighted by atomic mass is 9.74. The highest BCUT2D eigenvalue weighted by molar-refractivity contribution is 4.87. The Morgan fingerprint density at radius 3 is 2.17 bits per heavy atom. The zero-order chi connectivity index (χ0) is 12.8. The molecule has 0 spiro atoms. The molecule has 0 aromatic carbocycles. The fourth-order valence-electron chi connectivity index (χ4n) is 4.04. The molecule has 2 nitrogen and oxygen atoms in total. The van der Waals surface area contributed by atoms with Crippen molar-refractivity contribution in [2.45, 2.75) is 77.2 Å². The molecule has 0 aromatic rings. The molecule has 0 unspecified atom stereocenters. The van der Waals surface area contributed by atoms with Crippen molar-refractivity contribution in [1.82, 2.24) is 4.90 Å². The molecule has 0 aliphatic heterocycles. The Morgan fingerprint density at radius 2 is 1.61 bits per heavy atom. The molecule has 2 heteroatoms. The van der Waals surface area contributed by atoms with E-state index in [0.29, 0.717) is 6.61 Å². The molecule has 2 aliphatic carbocycles. The monoisotopic (exact) mass is 253 g/mol. The largest absolute Gasteiger partial charge is 0.396 e. The van der Waals surface area contributed by atoms with Crippen LogP contribution >= 0.6 is 0 Å². The van der Waals surface area contributed by atoms with Gasteiger partial charge in [0.25, 0.3) is 0 Å². The third-order valence-electron chi connectivity index (χ3n) is 5.29. The number of nitrogens with zero attached hydrogens (tertiary/aromatic N) is 1. The number of rotatable bonds is 5. The van der Waals surface area contributed by atoms with Gasteiger partial charge in [-0.15, -0.1) is 0 Å². The van der Waals surface area contributed by atoms with Gasteiger partial charge in [-0.3, -0.25) is 0 Å². The second-order valence-electron chi connectivity index (χ2n) is 6.57. The smallest absolute Gasteiger partial charge is 0.0499 e. The predicted octanol–water partition coefficient (Wildman–Crippen LogP) is 3.58. The van der Waals surface area contributed by atoms with Crippen molar-refractivity contribution in [2.24, 2.45) is 5.41 Å². The zero-order valence-electron chi connectivity index (χ0n) is 12.2. The highest BCUT2D eigenvalue weighted by atomic mass is 16.3. The molecular formula is C16H31NO. The SMILES string of the molecule is CCN(CC1(CO)CCCCC1)C1CCCCC1. The Morgan fingerprint density at radius 1 is 1.00 bits per heavy atom.